The lowest BCUT2D eigenvalue weighted by molar-refractivity contribution is 0.120. The molecule has 0 aliphatic carbocycles. The molecule has 3 aliphatic heterocycles. The smallest absolute Gasteiger partial charge is 0.120 e. The van der Waals surface area contributed by atoms with Gasteiger partial charge in [-0.15, -0.1) is 0 Å². The Hall–Kier alpha value is -1.65. The summed E-state index contributed by atoms with van der Waals surface area (Å²) in [5.74, 6) is 1.90. The van der Waals surface area contributed by atoms with Gasteiger partial charge in [-0.1, -0.05) is 30.3 Å². The Balaban J connectivity index is 1.44. The lowest BCUT2D eigenvalue weighted by Crippen LogP contribution is -2.43. The summed E-state index contributed by atoms with van der Waals surface area (Å²) in [4.78, 5) is 12.9. The fourth-order valence-corrected chi connectivity index (χ4v) is 4.02. The second-order valence-electron chi connectivity index (χ2n) is 6.74. The van der Waals surface area contributed by atoms with Gasteiger partial charge in [0.05, 0.1) is 6.54 Å². The summed E-state index contributed by atoms with van der Waals surface area (Å²) in [5.41, 5.74) is 1.43. The van der Waals surface area contributed by atoms with Crippen LogP contribution in [0.4, 0.5) is 0 Å². The third kappa shape index (κ3) is 3.08. The predicted octanol–water partition coefficient (Wildman–Crippen LogP) is 2.51. The fraction of sp³-hybridized carbons (Fsp3) is 0.500. The van der Waals surface area contributed by atoms with Crippen LogP contribution in [0.1, 0.15) is 24.2 Å². The number of aromatic amines is 1. The Kier molecular flexibility index (Phi) is 3.95. The van der Waals surface area contributed by atoms with Crippen molar-refractivity contribution in [1.29, 1.82) is 0 Å². The first-order valence-corrected chi connectivity index (χ1v) is 8.35. The van der Waals surface area contributed by atoms with E-state index in [0.717, 1.165) is 24.8 Å². The van der Waals surface area contributed by atoms with E-state index in [1.54, 1.807) is 0 Å². The van der Waals surface area contributed by atoms with Gasteiger partial charge in [0.15, 0.2) is 0 Å². The van der Waals surface area contributed by atoms with Crippen molar-refractivity contribution in [2.75, 3.05) is 19.6 Å². The molecule has 3 saturated heterocycles. The van der Waals surface area contributed by atoms with Crippen LogP contribution in [0.3, 0.4) is 0 Å². The minimum absolute atomic E-state index is 0.674. The number of hydrogen-bond donors (Lipinski definition) is 1. The van der Waals surface area contributed by atoms with E-state index in [1.807, 2.05) is 12.4 Å². The van der Waals surface area contributed by atoms with Crippen molar-refractivity contribution in [3.63, 3.8) is 0 Å². The predicted molar refractivity (Wildman–Crippen MR) is 87.2 cm³/mol. The first kappa shape index (κ1) is 14.0. The molecule has 116 valence electrons. The molecule has 3 fully saturated rings. The lowest BCUT2D eigenvalue weighted by atomic mass is 9.95. The molecule has 1 aromatic carbocycles. The van der Waals surface area contributed by atoms with Crippen molar-refractivity contribution in [3.05, 3.63) is 54.1 Å². The van der Waals surface area contributed by atoms with E-state index in [0.29, 0.717) is 6.04 Å². The number of hydrogen-bond acceptors (Lipinski definition) is 3. The number of nitrogens with one attached hydrogen (secondary N) is 1. The van der Waals surface area contributed by atoms with Crippen molar-refractivity contribution >= 4 is 0 Å². The second kappa shape index (κ2) is 6.23. The van der Waals surface area contributed by atoms with Crippen LogP contribution in [0.2, 0.25) is 0 Å². The minimum Gasteiger partial charge on any atom is -0.348 e. The monoisotopic (exact) mass is 296 g/mol. The Morgan fingerprint density at radius 1 is 1.05 bits per heavy atom. The van der Waals surface area contributed by atoms with Gasteiger partial charge in [0.25, 0.3) is 0 Å². The number of imidazole rings is 1. The molecule has 5 rings (SSSR count). The molecule has 1 N–H and O–H groups in total. The van der Waals surface area contributed by atoms with Crippen molar-refractivity contribution in [1.82, 2.24) is 19.8 Å². The lowest BCUT2D eigenvalue weighted by Gasteiger charge is -2.35. The van der Waals surface area contributed by atoms with E-state index in [-0.39, 0.29) is 0 Å². The van der Waals surface area contributed by atoms with E-state index in [9.17, 15) is 0 Å². The SMILES string of the molecule is c1ccc(CN2C[C@H]3CC[C@@H](C2)N(Cc2ncc[nH]2)C3)cc1. The molecule has 0 radical (unpaired) electrons. The largest absolute Gasteiger partial charge is 0.348 e. The average molecular weight is 296 g/mol. The van der Waals surface area contributed by atoms with Crippen LogP contribution in [0.15, 0.2) is 42.7 Å². The maximum absolute atomic E-state index is 4.40. The second-order valence-corrected chi connectivity index (χ2v) is 6.74. The van der Waals surface area contributed by atoms with Crippen LogP contribution in [0.25, 0.3) is 0 Å². The third-order valence-corrected chi connectivity index (χ3v) is 5.06. The highest BCUT2D eigenvalue weighted by atomic mass is 15.3. The van der Waals surface area contributed by atoms with Crippen molar-refractivity contribution in [2.45, 2.75) is 32.0 Å². The number of piperidine rings is 1. The van der Waals surface area contributed by atoms with Crippen LogP contribution >= 0.6 is 0 Å². The van der Waals surface area contributed by atoms with E-state index >= 15 is 0 Å². The normalized spacial score (nSPS) is 26.2. The summed E-state index contributed by atoms with van der Waals surface area (Å²) in [5, 5.41) is 0. The van der Waals surface area contributed by atoms with E-state index in [1.165, 1.54) is 38.0 Å². The molecule has 2 aromatic rings. The van der Waals surface area contributed by atoms with Gasteiger partial charge in [-0.3, -0.25) is 9.80 Å². The molecular weight excluding hydrogens is 272 g/mol. The average Bonchev–Trinajstić information content (AvgIpc) is 2.89. The molecule has 3 aliphatic rings. The summed E-state index contributed by atoms with van der Waals surface area (Å²) in [6, 6.07) is 11.5. The number of H-pyrrole nitrogens is 1. The maximum Gasteiger partial charge on any atom is 0.120 e. The van der Waals surface area contributed by atoms with E-state index in [4.69, 9.17) is 0 Å². The summed E-state index contributed by atoms with van der Waals surface area (Å²) in [7, 11) is 0. The first-order valence-electron chi connectivity index (χ1n) is 8.35. The van der Waals surface area contributed by atoms with Gasteiger partial charge in [0, 0.05) is 44.6 Å². The van der Waals surface area contributed by atoms with E-state index in [2.05, 4.69) is 50.1 Å². The summed E-state index contributed by atoms with van der Waals surface area (Å²) in [6.45, 7) is 5.69. The highest BCUT2D eigenvalue weighted by Gasteiger charge is 2.34. The molecule has 2 atom stereocenters. The zero-order valence-corrected chi connectivity index (χ0v) is 13.0. The molecule has 0 spiro atoms. The third-order valence-electron chi connectivity index (χ3n) is 5.06. The number of aromatic nitrogens is 2. The Labute approximate surface area is 132 Å². The minimum atomic E-state index is 0.674. The zero-order valence-electron chi connectivity index (χ0n) is 13.0. The van der Waals surface area contributed by atoms with Crippen LogP contribution < -0.4 is 0 Å². The topological polar surface area (TPSA) is 35.2 Å². The maximum atomic E-state index is 4.40. The molecule has 4 heteroatoms. The van der Waals surface area contributed by atoms with Crippen LogP contribution in [0, 0.1) is 5.92 Å². The van der Waals surface area contributed by atoms with Gasteiger partial charge in [-0.05, 0) is 24.3 Å². The highest BCUT2D eigenvalue weighted by molar-refractivity contribution is 5.14. The molecule has 0 saturated carbocycles. The Morgan fingerprint density at radius 3 is 2.77 bits per heavy atom. The van der Waals surface area contributed by atoms with Gasteiger partial charge >= 0.3 is 0 Å². The van der Waals surface area contributed by atoms with Crippen molar-refractivity contribution in [3.8, 4) is 0 Å². The van der Waals surface area contributed by atoms with Crippen molar-refractivity contribution in [2.24, 2.45) is 5.92 Å². The summed E-state index contributed by atoms with van der Waals surface area (Å²) < 4.78 is 0. The fourth-order valence-electron chi connectivity index (χ4n) is 4.02. The first-order chi connectivity index (χ1) is 10.9. The molecular formula is C18H24N4. The molecule has 22 heavy (non-hydrogen) atoms. The Morgan fingerprint density at radius 2 is 1.95 bits per heavy atom. The summed E-state index contributed by atoms with van der Waals surface area (Å²) >= 11 is 0. The molecule has 4 nitrogen and oxygen atoms in total. The molecule has 4 heterocycles. The molecule has 1 aromatic heterocycles. The van der Waals surface area contributed by atoms with Crippen LogP contribution in [-0.4, -0.2) is 45.4 Å². The van der Waals surface area contributed by atoms with Gasteiger partial charge < -0.3 is 4.98 Å². The van der Waals surface area contributed by atoms with Crippen molar-refractivity contribution < 1.29 is 0 Å². The number of nitrogens with zero attached hydrogens (tertiary/aromatic N) is 3. The van der Waals surface area contributed by atoms with Gasteiger partial charge in [-0.25, -0.2) is 4.98 Å². The highest BCUT2D eigenvalue weighted by Crippen LogP contribution is 2.29. The molecule has 2 bridgehead atoms. The van der Waals surface area contributed by atoms with Crippen LogP contribution in [-0.2, 0) is 13.1 Å². The van der Waals surface area contributed by atoms with E-state index < -0.39 is 0 Å². The number of benzene rings is 1. The Bertz CT molecular complexity index is 580. The van der Waals surface area contributed by atoms with Gasteiger partial charge in [-0.2, -0.15) is 0 Å². The molecule has 0 amide bonds. The standard InChI is InChI=1S/C18H24N4/c1-2-4-15(5-3-1)10-21-11-16-6-7-17(13-21)22(12-16)14-18-19-8-9-20-18/h1-5,8-9,16-17H,6-7,10-14H2,(H,19,20)/t16-,17+/m1/s1. The zero-order chi connectivity index (χ0) is 14.8. The number of rotatable bonds is 4. The molecule has 0 unspecified atom stereocenters. The quantitative estimate of drug-likeness (QED) is 0.941. The van der Waals surface area contributed by atoms with Crippen LogP contribution in [0.5, 0.6) is 0 Å². The van der Waals surface area contributed by atoms with Gasteiger partial charge in [0.1, 0.15) is 5.82 Å². The van der Waals surface area contributed by atoms with Gasteiger partial charge in [0.2, 0.25) is 0 Å². The summed E-state index contributed by atoms with van der Waals surface area (Å²) in [6.07, 6.45) is 6.49. The number of fused-ring (bicyclic) bond motifs is 4.